The first-order valence-electron chi connectivity index (χ1n) is 12.6. The van der Waals surface area contributed by atoms with Gasteiger partial charge in [0.1, 0.15) is 0 Å². The average molecular weight is 470 g/mol. The molecule has 1 aliphatic heterocycles. The summed E-state index contributed by atoms with van der Waals surface area (Å²) in [4.78, 5) is 15.6. The first-order chi connectivity index (χ1) is 15.8. The molecule has 2 N–H and O–H groups in total. The maximum absolute atomic E-state index is 13.5. The normalized spacial score (nSPS) is 17.4. The van der Waals surface area contributed by atoms with Crippen LogP contribution in [-0.4, -0.2) is 49.6 Å². The van der Waals surface area contributed by atoms with Crippen LogP contribution in [0.2, 0.25) is 0 Å². The summed E-state index contributed by atoms with van der Waals surface area (Å²) in [6.07, 6.45) is 8.23. The summed E-state index contributed by atoms with van der Waals surface area (Å²) in [5.74, 6) is 0.875. The van der Waals surface area contributed by atoms with Crippen molar-refractivity contribution < 1.29 is 4.79 Å². The number of amides is 1. The molecule has 2 aromatic carbocycles. The van der Waals surface area contributed by atoms with Gasteiger partial charge in [-0.3, -0.25) is 4.79 Å². The zero-order valence-electron chi connectivity index (χ0n) is 19.8. The van der Waals surface area contributed by atoms with Crippen molar-refractivity contribution in [2.24, 2.45) is 5.92 Å². The molecule has 0 aromatic heterocycles. The molecule has 0 radical (unpaired) electrons. The van der Waals surface area contributed by atoms with Crippen molar-refractivity contribution in [3.8, 4) is 0 Å². The molecule has 2 fully saturated rings. The third-order valence-corrected chi connectivity index (χ3v) is 6.93. The van der Waals surface area contributed by atoms with Gasteiger partial charge in [0, 0.05) is 19.1 Å². The van der Waals surface area contributed by atoms with Crippen LogP contribution in [0.25, 0.3) is 0 Å². The fourth-order valence-corrected chi connectivity index (χ4v) is 4.74. The van der Waals surface area contributed by atoms with E-state index < -0.39 is 0 Å². The second-order valence-electron chi connectivity index (χ2n) is 9.56. The molecular weight excluding hydrogens is 430 g/mol. The van der Waals surface area contributed by atoms with Crippen LogP contribution in [0, 0.1) is 5.92 Å². The number of nitrogens with zero attached hydrogens (tertiary/aromatic N) is 1. The van der Waals surface area contributed by atoms with Crippen LogP contribution in [0.1, 0.15) is 55.6 Å². The van der Waals surface area contributed by atoms with Gasteiger partial charge in [-0.2, -0.15) is 0 Å². The molecular formula is C28H40ClN3O. The summed E-state index contributed by atoms with van der Waals surface area (Å²) in [5, 5.41) is 7.24. The van der Waals surface area contributed by atoms with Crippen LogP contribution in [0.15, 0.2) is 60.7 Å². The van der Waals surface area contributed by atoms with Gasteiger partial charge < -0.3 is 15.5 Å². The van der Waals surface area contributed by atoms with Gasteiger partial charge in [0.2, 0.25) is 5.91 Å². The number of piperidine rings is 1. The maximum Gasteiger partial charge on any atom is 0.230 e. The van der Waals surface area contributed by atoms with Gasteiger partial charge in [0.15, 0.2) is 0 Å². The van der Waals surface area contributed by atoms with E-state index >= 15 is 0 Å². The first-order valence-corrected chi connectivity index (χ1v) is 12.6. The standard InChI is InChI=1S/C28H39N3O.ClH/c32-28(27(25-11-5-2-6-12-25)21-23-9-3-1-4-10-23)31-19-15-24(16-20-31)22-29-17-7-8-18-30-26-13-14-26;/h1-6,9-12,24,26-27,29-30H,7-8,13-22H2;1H. The lowest BCUT2D eigenvalue weighted by atomic mass is 9.89. The van der Waals surface area contributed by atoms with Crippen molar-refractivity contribution >= 4 is 18.3 Å². The highest BCUT2D eigenvalue weighted by molar-refractivity contribution is 5.85. The monoisotopic (exact) mass is 469 g/mol. The highest BCUT2D eigenvalue weighted by Crippen LogP contribution is 2.26. The molecule has 33 heavy (non-hydrogen) atoms. The topological polar surface area (TPSA) is 44.4 Å². The molecule has 2 aliphatic rings. The number of carbonyl (C=O) groups is 1. The second kappa shape index (κ2) is 13.7. The van der Waals surface area contributed by atoms with Crippen molar-refractivity contribution in [1.29, 1.82) is 0 Å². The average Bonchev–Trinajstić information content (AvgIpc) is 3.68. The van der Waals surface area contributed by atoms with Crippen LogP contribution in [0.5, 0.6) is 0 Å². The van der Waals surface area contributed by atoms with Crippen LogP contribution in [-0.2, 0) is 11.2 Å². The molecule has 1 atom stereocenters. The van der Waals surface area contributed by atoms with Gasteiger partial charge >= 0.3 is 0 Å². The van der Waals surface area contributed by atoms with Crippen molar-refractivity contribution in [3.05, 3.63) is 71.8 Å². The van der Waals surface area contributed by atoms with E-state index in [1.54, 1.807) is 0 Å². The highest BCUT2D eigenvalue weighted by Gasteiger charge is 2.29. The first kappa shape index (κ1) is 25.7. The Morgan fingerprint density at radius 3 is 2.18 bits per heavy atom. The summed E-state index contributed by atoms with van der Waals surface area (Å²) in [6, 6.07) is 21.5. The molecule has 1 amide bonds. The van der Waals surface area contributed by atoms with E-state index in [1.165, 1.54) is 37.8 Å². The Morgan fingerprint density at radius 2 is 1.52 bits per heavy atom. The highest BCUT2D eigenvalue weighted by atomic mass is 35.5. The lowest BCUT2D eigenvalue weighted by Gasteiger charge is -2.34. The van der Waals surface area contributed by atoms with E-state index in [9.17, 15) is 4.79 Å². The Balaban J connectivity index is 0.00000306. The Hall–Kier alpha value is -1.88. The number of halogens is 1. The number of likely N-dealkylation sites (tertiary alicyclic amines) is 1. The summed E-state index contributed by atoms with van der Waals surface area (Å²) in [6.45, 7) is 5.13. The zero-order valence-corrected chi connectivity index (χ0v) is 20.6. The van der Waals surface area contributed by atoms with Gasteiger partial charge in [0.05, 0.1) is 5.92 Å². The SMILES string of the molecule is Cl.O=C(C(Cc1ccccc1)c1ccccc1)N1CCC(CNCCCCNC2CC2)CC1. The summed E-state index contributed by atoms with van der Waals surface area (Å²) in [5.41, 5.74) is 2.35. The lowest BCUT2D eigenvalue weighted by Crippen LogP contribution is -2.43. The molecule has 1 unspecified atom stereocenters. The number of benzene rings is 2. The molecule has 1 saturated heterocycles. The molecule has 1 saturated carbocycles. The minimum atomic E-state index is -0.0995. The summed E-state index contributed by atoms with van der Waals surface area (Å²) >= 11 is 0. The van der Waals surface area contributed by atoms with E-state index in [0.717, 1.165) is 57.0 Å². The van der Waals surface area contributed by atoms with Gasteiger partial charge in [-0.15, -0.1) is 12.4 Å². The quantitative estimate of drug-likeness (QED) is 0.439. The van der Waals surface area contributed by atoms with Crippen molar-refractivity contribution in [2.45, 2.75) is 56.9 Å². The predicted octanol–water partition coefficient (Wildman–Crippen LogP) is 4.80. The Kier molecular flexibility index (Phi) is 10.7. The van der Waals surface area contributed by atoms with Gasteiger partial charge in [-0.1, -0.05) is 60.7 Å². The number of carbonyl (C=O) groups excluding carboxylic acids is 1. The van der Waals surface area contributed by atoms with Gasteiger partial charge in [-0.25, -0.2) is 0 Å². The fourth-order valence-electron chi connectivity index (χ4n) is 4.74. The smallest absolute Gasteiger partial charge is 0.230 e. The minimum Gasteiger partial charge on any atom is -0.342 e. The van der Waals surface area contributed by atoms with E-state index in [-0.39, 0.29) is 24.2 Å². The van der Waals surface area contributed by atoms with Crippen molar-refractivity contribution in [3.63, 3.8) is 0 Å². The van der Waals surface area contributed by atoms with E-state index in [1.807, 2.05) is 24.3 Å². The van der Waals surface area contributed by atoms with Gasteiger partial charge in [-0.05, 0) is 81.6 Å². The molecule has 2 aromatic rings. The van der Waals surface area contributed by atoms with Crippen LogP contribution in [0.4, 0.5) is 0 Å². The summed E-state index contributed by atoms with van der Waals surface area (Å²) in [7, 11) is 0. The third-order valence-electron chi connectivity index (χ3n) is 6.93. The minimum absolute atomic E-state index is 0. The number of rotatable bonds is 12. The Bertz CT molecular complexity index is 804. The molecule has 4 nitrogen and oxygen atoms in total. The predicted molar refractivity (Wildman–Crippen MR) is 139 cm³/mol. The van der Waals surface area contributed by atoms with Crippen LogP contribution in [0.3, 0.4) is 0 Å². The van der Waals surface area contributed by atoms with Crippen molar-refractivity contribution in [2.75, 3.05) is 32.7 Å². The third kappa shape index (κ3) is 8.44. The molecule has 1 aliphatic carbocycles. The number of hydrogen-bond acceptors (Lipinski definition) is 3. The van der Waals surface area contributed by atoms with Crippen molar-refractivity contribution in [1.82, 2.24) is 15.5 Å². The van der Waals surface area contributed by atoms with E-state index in [2.05, 4.69) is 51.9 Å². The van der Waals surface area contributed by atoms with Crippen LogP contribution >= 0.6 is 12.4 Å². The number of unbranched alkanes of at least 4 members (excludes halogenated alkanes) is 1. The number of nitrogens with one attached hydrogen (secondary N) is 2. The molecule has 5 heteroatoms. The lowest BCUT2D eigenvalue weighted by molar-refractivity contribution is -0.134. The largest absolute Gasteiger partial charge is 0.342 e. The molecule has 180 valence electrons. The van der Waals surface area contributed by atoms with Gasteiger partial charge in [0.25, 0.3) is 0 Å². The fraction of sp³-hybridized carbons (Fsp3) is 0.536. The molecule has 0 bridgehead atoms. The molecule has 1 heterocycles. The zero-order chi connectivity index (χ0) is 22.0. The Labute approximate surface area is 205 Å². The summed E-state index contributed by atoms with van der Waals surface area (Å²) < 4.78 is 0. The van der Waals surface area contributed by atoms with E-state index in [0.29, 0.717) is 5.92 Å². The Morgan fingerprint density at radius 1 is 0.879 bits per heavy atom. The molecule has 0 spiro atoms. The van der Waals surface area contributed by atoms with Crippen LogP contribution < -0.4 is 10.6 Å². The molecule has 4 rings (SSSR count). The van der Waals surface area contributed by atoms with E-state index in [4.69, 9.17) is 0 Å². The maximum atomic E-state index is 13.5. The number of hydrogen-bond donors (Lipinski definition) is 2. The second-order valence-corrected chi connectivity index (χ2v) is 9.56.